The largest absolute Gasteiger partial charge is 0.394 e. The molecular weight excluding hydrogens is 355 g/mol. The average Bonchev–Trinajstić information content (AvgIpc) is 2.44. The van der Waals surface area contributed by atoms with Crippen LogP contribution in [0, 0.1) is 5.92 Å². The zero-order valence-corrected chi connectivity index (χ0v) is 15.9. The van der Waals surface area contributed by atoms with Gasteiger partial charge < -0.3 is 34.2 Å². The van der Waals surface area contributed by atoms with Gasteiger partial charge in [0.15, 0.2) is 5.78 Å². The van der Waals surface area contributed by atoms with Crippen LogP contribution in [0.15, 0.2) is 0 Å². The van der Waals surface area contributed by atoms with E-state index in [0.717, 1.165) is 6.92 Å². The van der Waals surface area contributed by atoms with Crippen LogP contribution < -0.4 is 0 Å². The summed E-state index contributed by atoms with van der Waals surface area (Å²) >= 11 is 0. The van der Waals surface area contributed by atoms with Crippen LogP contribution in [0.1, 0.15) is 33.6 Å². The van der Waals surface area contributed by atoms with Crippen LogP contribution in [-0.4, -0.2) is 76.3 Å². The predicted octanol–water partition coefficient (Wildman–Crippen LogP) is 0.0378. The zero-order chi connectivity index (χ0) is 19.4. The molecule has 1 aliphatic rings. The molecule has 0 amide bonds. The summed E-state index contributed by atoms with van der Waals surface area (Å²) in [7, 11) is -3.41. The molecule has 0 aromatic heterocycles. The molecule has 0 saturated carbocycles. The van der Waals surface area contributed by atoms with E-state index < -0.39 is 56.1 Å². The minimum Gasteiger partial charge on any atom is -0.394 e. The van der Waals surface area contributed by atoms with Gasteiger partial charge in [-0.15, -0.1) is 0 Å². The molecule has 25 heavy (non-hydrogen) atoms. The molecule has 0 aromatic carbocycles. The van der Waals surface area contributed by atoms with Crippen molar-refractivity contribution in [2.75, 3.05) is 19.9 Å². The summed E-state index contributed by atoms with van der Waals surface area (Å²) in [5.74, 6) is -3.69. The quantitative estimate of drug-likeness (QED) is 0.405. The Labute approximate surface area is 147 Å². The van der Waals surface area contributed by atoms with Crippen molar-refractivity contribution in [3.05, 3.63) is 0 Å². The zero-order valence-electron chi connectivity index (χ0n) is 15.0. The average molecular weight is 384 g/mol. The highest BCUT2D eigenvalue weighted by molar-refractivity contribution is 7.53. The lowest BCUT2D eigenvalue weighted by atomic mass is 9.81. The highest BCUT2D eigenvalue weighted by atomic mass is 31.2. The fourth-order valence-electron chi connectivity index (χ4n) is 3.05. The summed E-state index contributed by atoms with van der Waals surface area (Å²) in [5, 5.41) is 40.0. The van der Waals surface area contributed by atoms with Crippen LogP contribution >= 0.6 is 7.60 Å². The molecule has 0 spiro atoms. The molecule has 148 valence electrons. The SMILES string of the molecule is CCOP(C)(=O)O[C@H](CO)CC1OC(O)(C(C)=O)CC(O)C1C(C)O. The number of aliphatic hydroxyl groups excluding tert-OH is 3. The fraction of sp³-hybridized carbons (Fsp3) is 0.933. The monoisotopic (exact) mass is 384 g/mol. The molecule has 1 aliphatic heterocycles. The van der Waals surface area contributed by atoms with E-state index in [1.54, 1.807) is 6.92 Å². The molecule has 1 saturated heterocycles. The molecule has 1 fully saturated rings. The first-order valence-corrected chi connectivity index (χ1v) is 10.2. The molecular formula is C15H29O9P. The molecule has 1 heterocycles. The van der Waals surface area contributed by atoms with Crippen LogP contribution in [-0.2, 0) is 23.1 Å². The van der Waals surface area contributed by atoms with Gasteiger partial charge >= 0.3 is 7.60 Å². The van der Waals surface area contributed by atoms with E-state index in [2.05, 4.69) is 0 Å². The highest BCUT2D eigenvalue weighted by Gasteiger charge is 2.50. The standard InChI is InChI=1S/C15H29O9P/c1-5-22-25(4,21)24-11(8-16)6-13-14(9(2)17)12(19)7-15(20,23-13)10(3)18/h9,11-14,16-17,19-20H,5-8H2,1-4H3/t9?,11-,12?,13?,14?,15?,25?/m0/s1. The van der Waals surface area contributed by atoms with Gasteiger partial charge in [-0.2, -0.15) is 0 Å². The van der Waals surface area contributed by atoms with E-state index in [9.17, 15) is 29.8 Å². The molecule has 6 unspecified atom stereocenters. The summed E-state index contributed by atoms with van der Waals surface area (Å²) in [6.45, 7) is 5.11. The van der Waals surface area contributed by atoms with Gasteiger partial charge in [0, 0.05) is 32.3 Å². The number of ether oxygens (including phenoxy) is 1. The number of ketones is 1. The third-order valence-electron chi connectivity index (χ3n) is 4.22. The smallest absolute Gasteiger partial charge is 0.327 e. The second-order valence-electron chi connectivity index (χ2n) is 6.42. The van der Waals surface area contributed by atoms with Crippen molar-refractivity contribution in [3.8, 4) is 0 Å². The predicted molar refractivity (Wildman–Crippen MR) is 88.0 cm³/mol. The van der Waals surface area contributed by atoms with Crippen LogP contribution in [0.2, 0.25) is 0 Å². The molecule has 10 heteroatoms. The van der Waals surface area contributed by atoms with Gasteiger partial charge in [0.1, 0.15) is 0 Å². The van der Waals surface area contributed by atoms with Gasteiger partial charge in [-0.05, 0) is 13.8 Å². The Morgan fingerprint density at radius 1 is 1.48 bits per heavy atom. The lowest BCUT2D eigenvalue weighted by Crippen LogP contribution is -2.58. The van der Waals surface area contributed by atoms with Crippen molar-refractivity contribution in [1.82, 2.24) is 0 Å². The summed E-state index contributed by atoms with van der Waals surface area (Å²) in [4.78, 5) is 11.7. The van der Waals surface area contributed by atoms with E-state index in [0.29, 0.717) is 0 Å². The third kappa shape index (κ3) is 6.08. The van der Waals surface area contributed by atoms with Crippen molar-refractivity contribution in [2.45, 2.75) is 63.8 Å². The van der Waals surface area contributed by atoms with Gasteiger partial charge in [0.05, 0.1) is 37.6 Å². The van der Waals surface area contributed by atoms with Gasteiger partial charge in [0.2, 0.25) is 5.79 Å². The summed E-state index contributed by atoms with van der Waals surface area (Å²) < 4.78 is 27.9. The lowest BCUT2D eigenvalue weighted by Gasteiger charge is -2.45. The van der Waals surface area contributed by atoms with Crippen LogP contribution in [0.5, 0.6) is 0 Å². The number of aliphatic hydroxyl groups is 4. The Kier molecular flexibility index (Phi) is 8.17. The second-order valence-corrected chi connectivity index (χ2v) is 8.43. The van der Waals surface area contributed by atoms with E-state index in [-0.39, 0.29) is 19.4 Å². The summed E-state index contributed by atoms with van der Waals surface area (Å²) in [6.07, 6.45) is -4.68. The van der Waals surface area contributed by atoms with Crippen LogP contribution in [0.25, 0.3) is 0 Å². The van der Waals surface area contributed by atoms with Crippen molar-refractivity contribution < 1.29 is 43.6 Å². The second kappa shape index (κ2) is 9.01. The first kappa shape index (κ1) is 22.7. The minimum absolute atomic E-state index is 0.108. The van der Waals surface area contributed by atoms with Crippen molar-refractivity contribution >= 4 is 13.4 Å². The van der Waals surface area contributed by atoms with Crippen molar-refractivity contribution in [1.29, 1.82) is 0 Å². The first-order chi connectivity index (χ1) is 11.5. The molecule has 4 N–H and O–H groups in total. The molecule has 7 atom stereocenters. The van der Waals surface area contributed by atoms with Gasteiger partial charge in [-0.25, -0.2) is 0 Å². The van der Waals surface area contributed by atoms with E-state index in [1.807, 2.05) is 0 Å². The molecule has 9 nitrogen and oxygen atoms in total. The first-order valence-electron chi connectivity index (χ1n) is 8.24. The van der Waals surface area contributed by atoms with Gasteiger partial charge in [-0.1, -0.05) is 0 Å². The van der Waals surface area contributed by atoms with Gasteiger partial charge in [-0.3, -0.25) is 9.36 Å². The molecule has 0 radical (unpaired) electrons. The van der Waals surface area contributed by atoms with Crippen molar-refractivity contribution in [2.24, 2.45) is 5.92 Å². The Bertz CT molecular complexity index is 497. The fourth-order valence-corrected chi connectivity index (χ4v) is 4.28. The molecule has 0 aromatic rings. The normalized spacial score (nSPS) is 35.0. The van der Waals surface area contributed by atoms with E-state index in [4.69, 9.17) is 13.8 Å². The Hall–Kier alpha value is -0.380. The summed E-state index contributed by atoms with van der Waals surface area (Å²) in [5.41, 5.74) is 0. The summed E-state index contributed by atoms with van der Waals surface area (Å²) in [6, 6.07) is 0. The molecule has 0 bridgehead atoms. The maximum Gasteiger partial charge on any atom is 0.327 e. The Morgan fingerprint density at radius 3 is 2.52 bits per heavy atom. The van der Waals surface area contributed by atoms with E-state index in [1.165, 1.54) is 13.6 Å². The van der Waals surface area contributed by atoms with Crippen molar-refractivity contribution in [3.63, 3.8) is 0 Å². The number of hydrogen-bond donors (Lipinski definition) is 4. The highest BCUT2D eigenvalue weighted by Crippen LogP contribution is 2.46. The number of carbonyl (C=O) groups excluding carboxylic acids is 1. The topological polar surface area (TPSA) is 143 Å². The minimum atomic E-state index is -3.41. The third-order valence-corrected chi connectivity index (χ3v) is 5.62. The maximum atomic E-state index is 12.1. The number of carbonyl (C=O) groups is 1. The number of Topliss-reactive ketones (excluding diaryl/α,β-unsaturated/α-hetero) is 1. The number of hydrogen-bond acceptors (Lipinski definition) is 9. The molecule has 1 rings (SSSR count). The van der Waals surface area contributed by atoms with Gasteiger partial charge in [0.25, 0.3) is 0 Å². The van der Waals surface area contributed by atoms with E-state index >= 15 is 0 Å². The Morgan fingerprint density at radius 2 is 2.08 bits per heavy atom. The Balaban J connectivity index is 2.98. The lowest BCUT2D eigenvalue weighted by molar-refractivity contribution is -0.285. The maximum absolute atomic E-state index is 12.1. The van der Waals surface area contributed by atoms with Crippen LogP contribution in [0.3, 0.4) is 0 Å². The molecule has 0 aliphatic carbocycles. The van der Waals surface area contributed by atoms with Crippen LogP contribution in [0.4, 0.5) is 0 Å². The number of rotatable bonds is 9.